The number of methoxy groups -OCH3 is 2. The Balaban J connectivity index is 2.52. The number of rotatable bonds is 7. The molecule has 0 aliphatic carbocycles. The normalized spacial score (nSPS) is 41.2. The average Bonchev–Trinajstić information content (AvgIpc) is 2.96. The molecule has 1 saturated heterocycles. The van der Waals surface area contributed by atoms with Crippen molar-refractivity contribution in [2.45, 2.75) is 118 Å². The molecular weight excluding hydrogens is 564 g/mol. The van der Waals surface area contributed by atoms with Crippen molar-refractivity contribution in [2.24, 2.45) is 35.5 Å². The van der Waals surface area contributed by atoms with Crippen molar-refractivity contribution in [3.63, 3.8) is 0 Å². The molecule has 0 amide bonds. The molecule has 2 aliphatic heterocycles. The molecule has 0 aromatic rings. The summed E-state index contributed by atoms with van der Waals surface area (Å²) in [6, 6.07) is 0. The molecule has 2 heterocycles. The van der Waals surface area contributed by atoms with Crippen LogP contribution in [0, 0.1) is 35.5 Å². The lowest BCUT2D eigenvalue weighted by Gasteiger charge is -2.49. The molecule has 9 nitrogen and oxygen atoms in total. The molecule has 2 aliphatic rings. The number of carbonyl (C=O) groups excluding carboxylic acids is 1. The minimum absolute atomic E-state index is 0.00492. The minimum atomic E-state index is -1.80. The fourth-order valence-corrected chi connectivity index (χ4v) is 6.54. The Morgan fingerprint density at radius 3 is 2.25 bits per heavy atom. The molecule has 4 N–H and O–H groups in total. The number of aliphatic hydroxyl groups excluding tert-OH is 3. The predicted octanol–water partition coefficient (Wildman–Crippen LogP) is 4.69. The zero-order valence-corrected chi connectivity index (χ0v) is 28.6. The van der Waals surface area contributed by atoms with Gasteiger partial charge in [-0.15, -0.1) is 0 Å². The lowest BCUT2D eigenvalue weighted by Crippen LogP contribution is -2.59. The molecule has 1 fully saturated rings. The Morgan fingerprint density at radius 1 is 1.05 bits per heavy atom. The Hall–Kier alpha value is -2.01. The van der Waals surface area contributed by atoms with Gasteiger partial charge in [-0.2, -0.15) is 0 Å². The first kappa shape index (κ1) is 38.2. The van der Waals surface area contributed by atoms with Gasteiger partial charge in [-0.1, -0.05) is 83.9 Å². The van der Waals surface area contributed by atoms with E-state index in [4.69, 9.17) is 18.9 Å². The van der Waals surface area contributed by atoms with Gasteiger partial charge in [0.2, 0.25) is 5.76 Å². The number of hydrogen-bond acceptors (Lipinski definition) is 9. The van der Waals surface area contributed by atoms with E-state index in [1.165, 1.54) is 14.2 Å². The van der Waals surface area contributed by atoms with Crippen LogP contribution in [0.15, 0.2) is 47.3 Å². The van der Waals surface area contributed by atoms with Crippen molar-refractivity contribution in [2.75, 3.05) is 14.2 Å². The van der Waals surface area contributed by atoms with Crippen molar-refractivity contribution in [3.05, 3.63) is 47.3 Å². The number of aliphatic hydroxyl groups is 4. The van der Waals surface area contributed by atoms with Crippen LogP contribution in [0.4, 0.5) is 0 Å². The van der Waals surface area contributed by atoms with Crippen LogP contribution in [0.2, 0.25) is 0 Å². The Bertz CT molecular complexity index is 1060. The maximum absolute atomic E-state index is 13.5. The third kappa shape index (κ3) is 9.50. The second-order valence-electron chi connectivity index (χ2n) is 13.6. The fraction of sp³-hybridized carbons (Fsp3) is 0.743. The maximum Gasteiger partial charge on any atom is 0.373 e. The molecule has 2 rings (SSSR count). The summed E-state index contributed by atoms with van der Waals surface area (Å²) in [5.74, 6) is -4.49. The van der Waals surface area contributed by atoms with E-state index in [9.17, 15) is 25.2 Å². The van der Waals surface area contributed by atoms with Gasteiger partial charge in [-0.05, 0) is 38.2 Å². The van der Waals surface area contributed by atoms with Gasteiger partial charge in [0.15, 0.2) is 5.79 Å². The molecule has 0 aromatic carbocycles. The number of allylic oxidation sites excluding steroid dienone is 5. The van der Waals surface area contributed by atoms with Crippen LogP contribution in [-0.4, -0.2) is 83.0 Å². The van der Waals surface area contributed by atoms with Gasteiger partial charge >= 0.3 is 5.97 Å². The molecule has 252 valence electrons. The van der Waals surface area contributed by atoms with E-state index in [2.05, 4.69) is 0 Å². The number of esters is 1. The van der Waals surface area contributed by atoms with Gasteiger partial charge in [0.25, 0.3) is 0 Å². The van der Waals surface area contributed by atoms with Crippen LogP contribution < -0.4 is 0 Å². The van der Waals surface area contributed by atoms with Crippen LogP contribution in [0.3, 0.4) is 0 Å². The van der Waals surface area contributed by atoms with E-state index < -0.39 is 60.2 Å². The first-order valence-corrected chi connectivity index (χ1v) is 15.9. The quantitative estimate of drug-likeness (QED) is 0.298. The standard InChI is InChI=1S/C35H58O9/c1-19(2)32-24(7)27(36)18-35(40,44-32)26(9)31(38)25(8)33-28(41-10)14-12-13-20(3)15-22(5)30(37)23(6)16-21(4)17-29(42-11)34(39)43-33/h12-14,16-17,19,22-28,30-33,36-38,40H,15,18H2,1-11H3/b14-12+,20-13+,21-16+,29-17-/t22-,23+,24-,25-,26-,27+,28-,30-,31+,32+,33+,35+/m1/s1. The maximum atomic E-state index is 13.5. The Morgan fingerprint density at radius 2 is 1.68 bits per heavy atom. The van der Waals surface area contributed by atoms with Crippen molar-refractivity contribution in [3.8, 4) is 0 Å². The molecule has 0 spiro atoms. The first-order chi connectivity index (χ1) is 20.5. The minimum Gasteiger partial charge on any atom is -0.490 e. The van der Waals surface area contributed by atoms with Gasteiger partial charge in [0.1, 0.15) is 12.2 Å². The van der Waals surface area contributed by atoms with Crippen LogP contribution >= 0.6 is 0 Å². The Kier molecular flexibility index (Phi) is 14.3. The zero-order valence-electron chi connectivity index (χ0n) is 28.6. The molecule has 12 atom stereocenters. The van der Waals surface area contributed by atoms with E-state index in [-0.39, 0.29) is 35.9 Å². The smallest absolute Gasteiger partial charge is 0.373 e. The summed E-state index contributed by atoms with van der Waals surface area (Å²) in [7, 11) is 2.87. The molecule has 0 unspecified atom stereocenters. The van der Waals surface area contributed by atoms with Crippen molar-refractivity contribution in [1.82, 2.24) is 0 Å². The van der Waals surface area contributed by atoms with Crippen molar-refractivity contribution in [1.29, 1.82) is 0 Å². The number of ether oxygens (including phenoxy) is 4. The highest BCUT2D eigenvalue weighted by Crippen LogP contribution is 2.41. The van der Waals surface area contributed by atoms with Crippen LogP contribution in [0.25, 0.3) is 0 Å². The molecule has 0 bridgehead atoms. The van der Waals surface area contributed by atoms with Gasteiger partial charge in [-0.25, -0.2) is 4.79 Å². The Labute approximate surface area is 264 Å². The molecule has 44 heavy (non-hydrogen) atoms. The topological polar surface area (TPSA) is 135 Å². The first-order valence-electron chi connectivity index (χ1n) is 15.9. The third-order valence-corrected chi connectivity index (χ3v) is 9.50. The highest BCUT2D eigenvalue weighted by molar-refractivity contribution is 5.87. The van der Waals surface area contributed by atoms with E-state index in [0.717, 1.165) is 11.1 Å². The second kappa shape index (κ2) is 16.5. The number of cyclic esters (lactones) is 1. The van der Waals surface area contributed by atoms with Crippen molar-refractivity contribution < 1.29 is 44.2 Å². The SMILES string of the molecule is CO/C1=C\C(C)=C\[C@H](C)[C@H](O)[C@H](C)C/C(C)=C/C=C/[C@@H](OC)[C@H]([C@H](C)[C@H](O)[C@@H](C)[C@]2(O)C[C@H](O)[C@@H](C)[C@H](C(C)C)O2)OC1=O. The molecule has 0 radical (unpaired) electrons. The van der Waals surface area contributed by atoms with E-state index in [0.29, 0.717) is 6.42 Å². The van der Waals surface area contributed by atoms with Crippen molar-refractivity contribution >= 4 is 5.97 Å². The predicted molar refractivity (Wildman–Crippen MR) is 170 cm³/mol. The molecule has 9 heteroatoms. The van der Waals surface area contributed by atoms with Gasteiger partial charge in [-0.3, -0.25) is 0 Å². The molecule has 0 aromatic heterocycles. The highest BCUT2D eigenvalue weighted by atomic mass is 16.6. The van der Waals surface area contributed by atoms with Gasteiger partial charge < -0.3 is 39.4 Å². The van der Waals surface area contributed by atoms with Gasteiger partial charge in [0, 0.05) is 37.2 Å². The lowest BCUT2D eigenvalue weighted by molar-refractivity contribution is -0.328. The highest BCUT2D eigenvalue weighted by Gasteiger charge is 2.51. The molecular formula is C35H58O9. The number of hydrogen-bond donors (Lipinski definition) is 4. The lowest BCUT2D eigenvalue weighted by atomic mass is 9.76. The fourth-order valence-electron chi connectivity index (χ4n) is 6.54. The monoisotopic (exact) mass is 622 g/mol. The van der Waals surface area contributed by atoms with E-state index in [1.807, 2.05) is 66.7 Å². The summed E-state index contributed by atoms with van der Waals surface area (Å²) < 4.78 is 23.4. The summed E-state index contributed by atoms with van der Waals surface area (Å²) in [6.45, 7) is 17.0. The van der Waals surface area contributed by atoms with Gasteiger partial charge in [0.05, 0.1) is 31.5 Å². The summed E-state index contributed by atoms with van der Waals surface area (Å²) in [6.07, 6.45) is 4.85. The summed E-state index contributed by atoms with van der Waals surface area (Å²) >= 11 is 0. The van der Waals surface area contributed by atoms with Crippen LogP contribution in [0.5, 0.6) is 0 Å². The largest absolute Gasteiger partial charge is 0.490 e. The van der Waals surface area contributed by atoms with Crippen LogP contribution in [0.1, 0.15) is 75.2 Å². The average molecular weight is 623 g/mol. The summed E-state index contributed by atoms with van der Waals surface area (Å²) in [5, 5.41) is 45.0. The number of carbonyl (C=O) groups is 1. The zero-order chi connectivity index (χ0) is 33.5. The van der Waals surface area contributed by atoms with E-state index in [1.54, 1.807) is 26.0 Å². The molecule has 0 saturated carbocycles. The van der Waals surface area contributed by atoms with E-state index >= 15 is 0 Å². The summed E-state index contributed by atoms with van der Waals surface area (Å²) in [5.41, 5.74) is 1.78. The third-order valence-electron chi connectivity index (χ3n) is 9.50. The summed E-state index contributed by atoms with van der Waals surface area (Å²) in [4.78, 5) is 13.5. The second-order valence-corrected chi connectivity index (χ2v) is 13.6. The van der Waals surface area contributed by atoms with Crippen LogP contribution in [-0.2, 0) is 23.7 Å².